The van der Waals surface area contributed by atoms with Gasteiger partial charge in [-0.1, -0.05) is 54.4 Å². The summed E-state index contributed by atoms with van der Waals surface area (Å²) in [5, 5.41) is 18.0. The minimum absolute atomic E-state index is 0. The van der Waals surface area contributed by atoms with Crippen LogP contribution in [-0.4, -0.2) is 54.2 Å². The van der Waals surface area contributed by atoms with Crippen molar-refractivity contribution in [3.8, 4) is 0 Å². The molecule has 1 fully saturated rings. The number of carboxylic acid groups (broad SMARTS) is 2. The van der Waals surface area contributed by atoms with E-state index in [4.69, 9.17) is 16.6 Å². The maximum atomic E-state index is 9.94. The largest absolute Gasteiger partial charge is 0.676 e. The number of likely N-dealkylation sites (N-methyl/N-ethyl adjacent to an activating group) is 1. The molecule has 3 N–H and O–H groups in total. The molecule has 1 aliphatic rings. The van der Waals surface area contributed by atoms with Gasteiger partial charge < -0.3 is 26.5 Å². The van der Waals surface area contributed by atoms with Gasteiger partial charge in [0, 0.05) is 27.6 Å². The molecule has 0 spiro atoms. The summed E-state index contributed by atoms with van der Waals surface area (Å²) in [6, 6.07) is -0.160. The van der Waals surface area contributed by atoms with Crippen molar-refractivity contribution < 1.29 is 40.9 Å². The molecule has 0 heterocycles. The molecule has 0 aliphatic heterocycles. The Bertz CT molecular complexity index is 255. The molecule has 0 amide bonds. The maximum Gasteiger partial charge on any atom is 0.317 e. The Kier molecular flexibility index (Phi) is 31.8. The van der Waals surface area contributed by atoms with Crippen molar-refractivity contribution in [1.82, 2.24) is 4.90 Å². The standard InChI is InChI=1S/C6H12N2.C5H9NO4.C2H6.2CH4.Pt/c7-5-3-1-2-4-6(5)8;1-6(2-4(7)8)3-5(9)10;1-2;;;/h5-8H,1-4H2;2-3H2,1H3,(H,7,8)(H,9,10);1-2H3;2*1H4;/q-2;;;;;/p-1/t5-,6-;;;;;/m1...../s1. The summed E-state index contributed by atoms with van der Waals surface area (Å²) in [4.78, 5) is 20.9. The smallest absolute Gasteiger partial charge is 0.317 e. The van der Waals surface area contributed by atoms with Gasteiger partial charge in [-0.25, -0.2) is 0 Å². The first-order chi connectivity index (χ1) is 9.32. The zero-order valence-corrected chi connectivity index (χ0v) is 15.1. The summed E-state index contributed by atoms with van der Waals surface area (Å²) in [5.41, 5.74) is 14.6. The van der Waals surface area contributed by atoms with Crippen molar-refractivity contribution in [2.24, 2.45) is 0 Å². The molecule has 1 aliphatic carbocycles. The zero-order chi connectivity index (χ0) is 16.1. The third kappa shape index (κ3) is 23.9. The van der Waals surface area contributed by atoms with E-state index >= 15 is 0 Å². The second-order valence-electron chi connectivity index (χ2n) is 4.44. The second kappa shape index (κ2) is 21.5. The fourth-order valence-electron chi connectivity index (χ4n) is 1.64. The van der Waals surface area contributed by atoms with Gasteiger partial charge in [0.25, 0.3) is 0 Å². The Morgan fingerprint density at radius 2 is 1.43 bits per heavy atom. The fraction of sp³-hybridized carbons (Fsp3) is 0.867. The summed E-state index contributed by atoms with van der Waals surface area (Å²) in [7, 11) is 1.39. The van der Waals surface area contributed by atoms with Crippen molar-refractivity contribution in [3.05, 3.63) is 11.5 Å². The molecule has 0 saturated heterocycles. The molecule has 0 radical (unpaired) electrons. The summed E-state index contributed by atoms with van der Waals surface area (Å²) in [6.07, 6.45) is 4.25. The normalized spacial score (nSPS) is 18.3. The monoisotopic (exact) mass is 515 g/mol. The van der Waals surface area contributed by atoms with E-state index in [1.54, 1.807) is 0 Å². The van der Waals surface area contributed by atoms with E-state index in [2.05, 4.69) is 0 Å². The van der Waals surface area contributed by atoms with Crippen molar-refractivity contribution in [3.63, 3.8) is 0 Å². The van der Waals surface area contributed by atoms with Crippen LogP contribution in [0.4, 0.5) is 0 Å². The van der Waals surface area contributed by atoms with Crippen molar-refractivity contribution in [2.75, 3.05) is 20.1 Å². The number of nitrogens with zero attached hydrogens (tertiary/aromatic N) is 1. The van der Waals surface area contributed by atoms with Crippen LogP contribution in [0.1, 0.15) is 54.4 Å². The van der Waals surface area contributed by atoms with Gasteiger partial charge in [0.1, 0.15) is 0 Å². The topological polar surface area (TPSA) is 128 Å². The van der Waals surface area contributed by atoms with Crippen molar-refractivity contribution in [2.45, 2.75) is 66.5 Å². The summed E-state index contributed by atoms with van der Waals surface area (Å²) < 4.78 is 0. The quantitative estimate of drug-likeness (QED) is 0.615. The van der Waals surface area contributed by atoms with Crippen LogP contribution in [0.2, 0.25) is 0 Å². The van der Waals surface area contributed by atoms with Gasteiger partial charge in [-0.3, -0.25) is 9.69 Å². The summed E-state index contributed by atoms with van der Waals surface area (Å²) >= 11 is 0. The first-order valence-electron chi connectivity index (χ1n) is 6.85. The average molecular weight is 516 g/mol. The molecule has 2 atom stereocenters. The Morgan fingerprint density at radius 3 is 1.65 bits per heavy atom. The molecule has 0 aromatic heterocycles. The molecule has 0 aromatic carbocycles. The Hall–Kier alpha value is -0.492. The van der Waals surface area contributed by atoms with E-state index in [0.717, 1.165) is 17.7 Å². The van der Waals surface area contributed by atoms with Crippen molar-refractivity contribution >= 4 is 11.9 Å². The number of carboxylic acids is 2. The molecule has 1 rings (SSSR count). The molecule has 1 saturated carbocycles. The average Bonchev–Trinajstić information content (AvgIpc) is 2.34. The van der Waals surface area contributed by atoms with E-state index in [1.165, 1.54) is 19.9 Å². The molecule has 146 valence electrons. The van der Waals surface area contributed by atoms with Crippen molar-refractivity contribution in [1.29, 1.82) is 0 Å². The van der Waals surface area contributed by atoms with Gasteiger partial charge >= 0.3 is 5.97 Å². The number of carbonyl (C=O) groups excluding carboxylic acids is 1. The van der Waals surface area contributed by atoms with Gasteiger partial charge in [-0.15, -0.1) is 0 Å². The van der Waals surface area contributed by atoms with Crippen LogP contribution in [0.15, 0.2) is 0 Å². The number of aliphatic carboxylic acids is 2. The third-order valence-corrected chi connectivity index (χ3v) is 2.57. The SMILES string of the molecule is C.C.CC.CN(CC(=O)[O-])CC(=O)O.[NH-][C@@H]1CCCC[C@H]1[NH-].[Pt]. The number of hydrogen-bond acceptors (Lipinski definition) is 4. The van der Waals surface area contributed by atoms with Gasteiger partial charge in [0.05, 0.1) is 12.5 Å². The second-order valence-corrected chi connectivity index (χ2v) is 4.44. The molecule has 23 heavy (non-hydrogen) atoms. The third-order valence-electron chi connectivity index (χ3n) is 2.57. The van der Waals surface area contributed by atoms with Gasteiger partial charge in [0.15, 0.2) is 0 Å². The Morgan fingerprint density at radius 1 is 1.09 bits per heavy atom. The molecule has 0 aromatic rings. The maximum absolute atomic E-state index is 9.94. The number of carbonyl (C=O) groups is 2. The van der Waals surface area contributed by atoms with E-state index < -0.39 is 11.9 Å². The van der Waals surface area contributed by atoms with Crippen LogP contribution >= 0.6 is 0 Å². The van der Waals surface area contributed by atoms with Gasteiger partial charge in [0.2, 0.25) is 0 Å². The molecule has 8 heteroatoms. The number of rotatable bonds is 4. The molecule has 7 nitrogen and oxygen atoms in total. The van der Waals surface area contributed by atoms with E-state index in [-0.39, 0.29) is 61.1 Å². The van der Waals surface area contributed by atoms with Crippen LogP contribution in [0.3, 0.4) is 0 Å². The predicted octanol–water partition coefficient (Wildman–Crippen LogP) is 2.45. The minimum atomic E-state index is -1.27. The summed E-state index contributed by atoms with van der Waals surface area (Å²) in [6.45, 7) is 3.36. The number of hydrogen-bond donors (Lipinski definition) is 1. The van der Waals surface area contributed by atoms with Crippen LogP contribution in [0.25, 0.3) is 11.5 Å². The first kappa shape index (κ1) is 34.0. The Labute approximate surface area is 156 Å². The van der Waals surface area contributed by atoms with E-state index in [0.29, 0.717) is 0 Å². The van der Waals surface area contributed by atoms with Crippen LogP contribution in [-0.2, 0) is 30.7 Å². The van der Waals surface area contributed by atoms with Crippen LogP contribution in [0.5, 0.6) is 0 Å². The molecule has 0 bridgehead atoms. The predicted molar refractivity (Wildman–Crippen MR) is 89.6 cm³/mol. The molecular weight excluding hydrogens is 481 g/mol. The summed E-state index contributed by atoms with van der Waals surface area (Å²) in [5.74, 6) is -2.33. The zero-order valence-electron chi connectivity index (χ0n) is 12.8. The minimum Gasteiger partial charge on any atom is -0.676 e. The first-order valence-corrected chi connectivity index (χ1v) is 6.85. The van der Waals surface area contributed by atoms with E-state index in [1.807, 2.05) is 13.8 Å². The van der Waals surface area contributed by atoms with Crippen LogP contribution < -0.4 is 5.11 Å². The van der Waals surface area contributed by atoms with Gasteiger partial charge in [-0.2, -0.15) is 12.1 Å². The molecular formula is C15H34N3O4Pt-3. The fourth-order valence-corrected chi connectivity index (χ4v) is 1.64. The molecule has 0 unspecified atom stereocenters. The van der Waals surface area contributed by atoms with E-state index in [9.17, 15) is 14.7 Å². The Balaban J connectivity index is -0.0000000764. The number of nitrogens with one attached hydrogen (secondary N) is 2. The van der Waals surface area contributed by atoms with Crippen LogP contribution in [0, 0.1) is 0 Å². The van der Waals surface area contributed by atoms with Gasteiger partial charge in [-0.05, 0) is 7.05 Å².